The van der Waals surface area contributed by atoms with Crippen LogP contribution in [0, 0.1) is 5.82 Å². The van der Waals surface area contributed by atoms with Crippen LogP contribution in [0.25, 0.3) is 22.1 Å². The van der Waals surface area contributed by atoms with Crippen LogP contribution in [0.3, 0.4) is 0 Å². The van der Waals surface area contributed by atoms with Crippen molar-refractivity contribution >= 4 is 17.0 Å². The Hall–Kier alpha value is -2.21. The number of halogens is 1. The minimum atomic E-state index is -0.359. The number of anilines is 1. The Morgan fingerprint density at radius 3 is 2.89 bits per heavy atom. The first kappa shape index (κ1) is 11.9. The molecule has 0 bridgehead atoms. The number of nitrogen functional groups attached to an aromatic ring is 1. The molecule has 2 N–H and O–H groups in total. The molecule has 0 fully saturated rings. The third-order valence-electron chi connectivity index (χ3n) is 2.74. The SMILES string of the molecule is Cn1nc(-c2cccs2)nc1-c1cc(N)ccc1F. The topological polar surface area (TPSA) is 56.7 Å². The van der Waals surface area contributed by atoms with E-state index in [1.54, 1.807) is 29.1 Å². The van der Waals surface area contributed by atoms with Crippen molar-refractivity contribution in [3.63, 3.8) is 0 Å². The fraction of sp³-hybridized carbons (Fsp3) is 0.0769. The third kappa shape index (κ3) is 2.10. The van der Waals surface area contributed by atoms with E-state index >= 15 is 0 Å². The summed E-state index contributed by atoms with van der Waals surface area (Å²) < 4.78 is 15.4. The summed E-state index contributed by atoms with van der Waals surface area (Å²) in [7, 11) is 1.74. The molecule has 19 heavy (non-hydrogen) atoms. The molecular formula is C13H11FN4S. The first-order chi connectivity index (χ1) is 9.15. The predicted molar refractivity (Wildman–Crippen MR) is 74.1 cm³/mol. The lowest BCUT2D eigenvalue weighted by molar-refractivity contribution is 0.627. The second-order valence-electron chi connectivity index (χ2n) is 4.10. The lowest BCUT2D eigenvalue weighted by Crippen LogP contribution is -1.97. The normalized spacial score (nSPS) is 10.8. The van der Waals surface area contributed by atoms with Gasteiger partial charge in [-0.15, -0.1) is 16.4 Å². The molecule has 6 heteroatoms. The molecule has 4 nitrogen and oxygen atoms in total. The largest absolute Gasteiger partial charge is 0.399 e. The Bertz CT molecular complexity index is 718. The van der Waals surface area contributed by atoms with E-state index in [2.05, 4.69) is 10.1 Å². The summed E-state index contributed by atoms with van der Waals surface area (Å²) in [5.41, 5.74) is 6.55. The van der Waals surface area contributed by atoms with Crippen molar-refractivity contribution < 1.29 is 4.39 Å². The van der Waals surface area contributed by atoms with Crippen LogP contribution in [0.4, 0.5) is 10.1 Å². The molecule has 0 atom stereocenters. The molecule has 3 aromatic rings. The molecule has 2 aromatic heterocycles. The highest BCUT2D eigenvalue weighted by Crippen LogP contribution is 2.27. The van der Waals surface area contributed by atoms with Gasteiger partial charge in [0.2, 0.25) is 0 Å². The molecule has 0 aliphatic rings. The Morgan fingerprint density at radius 1 is 1.32 bits per heavy atom. The predicted octanol–water partition coefficient (Wildman–Crippen LogP) is 2.93. The fourth-order valence-electron chi connectivity index (χ4n) is 1.84. The van der Waals surface area contributed by atoms with Gasteiger partial charge in [-0.2, -0.15) is 0 Å². The van der Waals surface area contributed by atoms with Gasteiger partial charge in [0.1, 0.15) is 5.82 Å². The van der Waals surface area contributed by atoms with Gasteiger partial charge >= 0.3 is 0 Å². The van der Waals surface area contributed by atoms with Crippen LogP contribution in [0.2, 0.25) is 0 Å². The van der Waals surface area contributed by atoms with Crippen LogP contribution in [-0.2, 0) is 7.05 Å². The molecule has 0 saturated carbocycles. The Morgan fingerprint density at radius 2 is 2.16 bits per heavy atom. The number of thiophene rings is 1. The number of nitrogens with zero attached hydrogens (tertiary/aromatic N) is 3. The second kappa shape index (κ2) is 4.47. The van der Waals surface area contributed by atoms with E-state index in [1.165, 1.54) is 12.1 Å². The molecule has 0 amide bonds. The lowest BCUT2D eigenvalue weighted by Gasteiger charge is -2.02. The average Bonchev–Trinajstić information content (AvgIpc) is 3.01. The van der Waals surface area contributed by atoms with E-state index in [9.17, 15) is 4.39 Å². The smallest absolute Gasteiger partial charge is 0.191 e. The molecule has 1 aromatic carbocycles. The number of benzene rings is 1. The van der Waals surface area contributed by atoms with Crippen molar-refractivity contribution in [2.45, 2.75) is 0 Å². The van der Waals surface area contributed by atoms with E-state index < -0.39 is 0 Å². The zero-order valence-electron chi connectivity index (χ0n) is 10.2. The van der Waals surface area contributed by atoms with Crippen molar-refractivity contribution in [2.24, 2.45) is 7.05 Å². The Labute approximate surface area is 113 Å². The average molecular weight is 274 g/mol. The van der Waals surface area contributed by atoms with E-state index in [4.69, 9.17) is 5.73 Å². The maximum Gasteiger partial charge on any atom is 0.191 e. The van der Waals surface area contributed by atoms with Crippen molar-refractivity contribution in [3.8, 4) is 22.1 Å². The number of aromatic nitrogens is 3. The summed E-state index contributed by atoms with van der Waals surface area (Å²) in [4.78, 5) is 5.34. The van der Waals surface area contributed by atoms with E-state index in [1.807, 2.05) is 17.5 Å². The molecule has 96 valence electrons. The van der Waals surface area contributed by atoms with E-state index in [-0.39, 0.29) is 5.82 Å². The number of rotatable bonds is 2. The van der Waals surface area contributed by atoms with Crippen molar-refractivity contribution in [1.29, 1.82) is 0 Å². The van der Waals surface area contributed by atoms with Gasteiger partial charge in [0, 0.05) is 12.7 Å². The summed E-state index contributed by atoms with van der Waals surface area (Å²) in [6, 6.07) is 8.29. The minimum Gasteiger partial charge on any atom is -0.399 e. The molecule has 3 rings (SSSR count). The standard InChI is InChI=1S/C13H11FN4S/c1-18-13(9-7-8(15)4-5-10(9)14)16-12(17-18)11-3-2-6-19-11/h2-7H,15H2,1H3. The highest BCUT2D eigenvalue weighted by Gasteiger charge is 2.15. The second-order valence-corrected chi connectivity index (χ2v) is 5.05. The van der Waals surface area contributed by atoms with Gasteiger partial charge in [-0.05, 0) is 29.6 Å². The molecule has 0 radical (unpaired) electrons. The van der Waals surface area contributed by atoms with Crippen LogP contribution in [0.15, 0.2) is 35.7 Å². The number of hydrogen-bond donors (Lipinski definition) is 1. The molecule has 0 unspecified atom stereocenters. The van der Waals surface area contributed by atoms with E-state index in [0.717, 1.165) is 4.88 Å². The first-order valence-electron chi connectivity index (χ1n) is 5.65. The number of aryl methyl sites for hydroxylation is 1. The van der Waals surface area contributed by atoms with Crippen LogP contribution >= 0.6 is 11.3 Å². The first-order valence-corrected chi connectivity index (χ1v) is 6.53. The van der Waals surface area contributed by atoms with Gasteiger partial charge in [0.25, 0.3) is 0 Å². The molecule has 2 heterocycles. The van der Waals surface area contributed by atoms with Crippen LogP contribution in [0.5, 0.6) is 0 Å². The maximum absolute atomic E-state index is 13.9. The highest BCUT2D eigenvalue weighted by molar-refractivity contribution is 7.13. The third-order valence-corrected chi connectivity index (χ3v) is 3.60. The van der Waals surface area contributed by atoms with Crippen molar-refractivity contribution in [1.82, 2.24) is 14.8 Å². The van der Waals surface area contributed by atoms with Gasteiger partial charge in [0.05, 0.1) is 10.4 Å². The van der Waals surface area contributed by atoms with Crippen molar-refractivity contribution in [2.75, 3.05) is 5.73 Å². The minimum absolute atomic E-state index is 0.359. The van der Waals surface area contributed by atoms with Gasteiger partial charge in [-0.1, -0.05) is 6.07 Å². The molecule has 0 saturated heterocycles. The van der Waals surface area contributed by atoms with E-state index in [0.29, 0.717) is 22.9 Å². The zero-order valence-corrected chi connectivity index (χ0v) is 11.0. The summed E-state index contributed by atoms with van der Waals surface area (Å²) in [5.74, 6) is 0.699. The fourth-order valence-corrected chi connectivity index (χ4v) is 2.50. The monoisotopic (exact) mass is 274 g/mol. The zero-order chi connectivity index (χ0) is 13.4. The van der Waals surface area contributed by atoms with Crippen LogP contribution in [-0.4, -0.2) is 14.8 Å². The van der Waals surface area contributed by atoms with Gasteiger partial charge < -0.3 is 5.73 Å². The van der Waals surface area contributed by atoms with Gasteiger partial charge in [-0.3, -0.25) is 0 Å². The number of hydrogen-bond acceptors (Lipinski definition) is 4. The summed E-state index contributed by atoms with van der Waals surface area (Å²) in [6.45, 7) is 0. The molecule has 0 spiro atoms. The van der Waals surface area contributed by atoms with Gasteiger partial charge in [0.15, 0.2) is 11.6 Å². The summed E-state index contributed by atoms with van der Waals surface area (Å²) in [5, 5.41) is 6.26. The lowest BCUT2D eigenvalue weighted by atomic mass is 10.2. The van der Waals surface area contributed by atoms with Gasteiger partial charge in [-0.25, -0.2) is 14.1 Å². The quantitative estimate of drug-likeness (QED) is 0.731. The van der Waals surface area contributed by atoms with Crippen molar-refractivity contribution in [3.05, 3.63) is 41.5 Å². The molecular weight excluding hydrogens is 263 g/mol. The van der Waals surface area contributed by atoms with Crippen LogP contribution < -0.4 is 5.73 Å². The molecule has 0 aliphatic heterocycles. The maximum atomic E-state index is 13.9. The molecule has 0 aliphatic carbocycles. The Kier molecular flexibility index (Phi) is 2.79. The summed E-state index contributed by atoms with van der Waals surface area (Å²) >= 11 is 1.54. The summed E-state index contributed by atoms with van der Waals surface area (Å²) in [6.07, 6.45) is 0. The number of nitrogens with two attached hydrogens (primary N) is 1. The Balaban J connectivity index is 2.13. The van der Waals surface area contributed by atoms with Crippen LogP contribution in [0.1, 0.15) is 0 Å². The highest BCUT2D eigenvalue weighted by atomic mass is 32.1.